The highest BCUT2D eigenvalue weighted by Gasteiger charge is 2.17. The van der Waals surface area contributed by atoms with Crippen molar-refractivity contribution in [3.8, 4) is 5.75 Å². The monoisotopic (exact) mass is 480 g/mol. The number of imidazole rings is 2. The summed E-state index contributed by atoms with van der Waals surface area (Å²) in [6.07, 6.45) is 0.255. The maximum Gasteiger partial charge on any atom is 0.329 e. The molecule has 10 heteroatoms. The van der Waals surface area contributed by atoms with Crippen LogP contribution in [0.1, 0.15) is 17.8 Å². The van der Waals surface area contributed by atoms with Crippen LogP contribution in [0.2, 0.25) is 0 Å². The zero-order valence-corrected chi connectivity index (χ0v) is 19.7. The molecule has 0 unspecified atom stereocenters. The Morgan fingerprint density at radius 3 is 2.25 bits per heavy atom. The van der Waals surface area contributed by atoms with Crippen LogP contribution in [0.3, 0.4) is 0 Å². The fourth-order valence-electron chi connectivity index (χ4n) is 4.45. The van der Waals surface area contributed by atoms with E-state index in [9.17, 15) is 4.79 Å². The first-order chi connectivity index (χ1) is 17.6. The highest BCUT2D eigenvalue weighted by atomic mass is 16.5. The number of benzene rings is 3. The third-order valence-electron chi connectivity index (χ3n) is 6.20. The average molecular weight is 481 g/mol. The van der Waals surface area contributed by atoms with Crippen LogP contribution in [0, 0.1) is 5.41 Å². The van der Waals surface area contributed by atoms with Gasteiger partial charge in [0.05, 0.1) is 48.1 Å². The molecule has 5 aromatic rings. The molecule has 5 rings (SSSR count). The number of aryl methyl sites for hydroxylation is 1. The molecule has 180 valence electrons. The topological polar surface area (TPSA) is 127 Å². The lowest BCUT2D eigenvalue weighted by atomic mass is 10.2. The van der Waals surface area contributed by atoms with Crippen molar-refractivity contribution in [3.05, 3.63) is 105 Å². The number of fused-ring (bicyclic) bond motifs is 2. The molecule has 0 saturated heterocycles. The second kappa shape index (κ2) is 9.81. The summed E-state index contributed by atoms with van der Waals surface area (Å²) >= 11 is 0. The number of hydrogen-bond acceptors (Lipinski definition) is 4. The lowest BCUT2D eigenvalue weighted by Gasteiger charge is -2.09. The number of azide groups is 1. The number of rotatable bonds is 8. The van der Waals surface area contributed by atoms with Crippen LogP contribution in [0.4, 0.5) is 0 Å². The van der Waals surface area contributed by atoms with Crippen molar-refractivity contribution in [1.29, 1.82) is 5.41 Å². The van der Waals surface area contributed by atoms with Crippen LogP contribution in [0.15, 0.2) is 82.7 Å². The minimum absolute atomic E-state index is 0.0468. The van der Waals surface area contributed by atoms with Gasteiger partial charge in [-0.05, 0) is 52.6 Å². The Hall–Kier alpha value is -4.82. The fourth-order valence-corrected chi connectivity index (χ4v) is 4.45. The highest BCUT2D eigenvalue weighted by Crippen LogP contribution is 2.21. The summed E-state index contributed by atoms with van der Waals surface area (Å²) in [5, 5.41) is 11.2. The third kappa shape index (κ3) is 4.33. The SMILES string of the molecule is COc1ccc(Cn2c(=O)n(Cc3nc4ccccc4n3CCC(=N)N=[N+]=[N-])c3ccccc32)cc1. The minimum Gasteiger partial charge on any atom is -0.497 e. The first-order valence-electron chi connectivity index (χ1n) is 11.5. The summed E-state index contributed by atoms with van der Waals surface area (Å²) in [7, 11) is 1.63. The highest BCUT2D eigenvalue weighted by molar-refractivity contribution is 5.80. The van der Waals surface area contributed by atoms with E-state index >= 15 is 0 Å². The van der Waals surface area contributed by atoms with Gasteiger partial charge in [0, 0.05) is 17.9 Å². The lowest BCUT2D eigenvalue weighted by Crippen LogP contribution is -2.26. The second-order valence-electron chi connectivity index (χ2n) is 8.35. The van der Waals surface area contributed by atoms with E-state index in [0.717, 1.165) is 33.4 Å². The molecule has 0 bridgehead atoms. The van der Waals surface area contributed by atoms with Crippen molar-refractivity contribution in [3.63, 3.8) is 0 Å². The fraction of sp³-hybridized carbons (Fsp3) is 0.192. The Morgan fingerprint density at radius 2 is 1.58 bits per heavy atom. The van der Waals surface area contributed by atoms with Crippen molar-refractivity contribution in [2.45, 2.75) is 26.1 Å². The number of para-hydroxylation sites is 4. The molecule has 2 heterocycles. The van der Waals surface area contributed by atoms with E-state index in [4.69, 9.17) is 20.7 Å². The lowest BCUT2D eigenvalue weighted by molar-refractivity contribution is 0.414. The Balaban J connectivity index is 1.56. The zero-order chi connectivity index (χ0) is 25.1. The molecule has 0 aliphatic carbocycles. The van der Waals surface area contributed by atoms with Gasteiger partial charge in [-0.15, -0.1) is 0 Å². The van der Waals surface area contributed by atoms with Gasteiger partial charge in [-0.2, -0.15) is 0 Å². The molecule has 36 heavy (non-hydrogen) atoms. The Bertz CT molecular complexity index is 1670. The number of methoxy groups -OCH3 is 1. The molecule has 0 atom stereocenters. The van der Waals surface area contributed by atoms with Gasteiger partial charge in [-0.1, -0.05) is 36.4 Å². The first kappa shape index (κ1) is 22.9. The van der Waals surface area contributed by atoms with Gasteiger partial charge in [0.15, 0.2) is 0 Å². The van der Waals surface area contributed by atoms with Crippen LogP contribution >= 0.6 is 0 Å². The van der Waals surface area contributed by atoms with Crippen LogP contribution in [-0.4, -0.2) is 31.6 Å². The Kier molecular flexibility index (Phi) is 6.25. The molecule has 2 aromatic heterocycles. The van der Waals surface area contributed by atoms with Crippen molar-refractivity contribution in [2.75, 3.05) is 7.11 Å². The molecule has 1 N–H and O–H groups in total. The van der Waals surface area contributed by atoms with Gasteiger partial charge >= 0.3 is 5.69 Å². The molecule has 10 nitrogen and oxygen atoms in total. The maximum atomic E-state index is 13.7. The molecule has 0 amide bonds. The Labute approximate surface area is 206 Å². The van der Waals surface area contributed by atoms with Gasteiger partial charge < -0.3 is 14.7 Å². The van der Waals surface area contributed by atoms with Crippen LogP contribution < -0.4 is 10.4 Å². The molecular formula is C26H24N8O2. The standard InChI is InChI=1S/C26H24N8O2/c1-36-19-12-10-18(11-13-19)16-33-22-8-4-5-9-23(22)34(26(33)35)17-25-29-20-6-2-3-7-21(20)32(25)15-14-24(27)30-31-28/h2-13,27H,14-17H2,1H3. The van der Waals surface area contributed by atoms with Crippen molar-refractivity contribution < 1.29 is 4.74 Å². The normalized spacial score (nSPS) is 11.0. The van der Waals surface area contributed by atoms with Gasteiger partial charge in [0.2, 0.25) is 0 Å². The first-order valence-corrected chi connectivity index (χ1v) is 11.5. The summed E-state index contributed by atoms with van der Waals surface area (Å²) in [5.41, 5.74) is 12.8. The van der Waals surface area contributed by atoms with Gasteiger partial charge in [0.1, 0.15) is 11.6 Å². The average Bonchev–Trinajstić information content (AvgIpc) is 3.38. The summed E-state index contributed by atoms with van der Waals surface area (Å²) in [6, 6.07) is 23.1. The quantitative estimate of drug-likeness (QED) is 0.111. The molecule has 0 radical (unpaired) electrons. The van der Waals surface area contributed by atoms with E-state index in [1.807, 2.05) is 77.4 Å². The number of amidine groups is 1. The largest absolute Gasteiger partial charge is 0.497 e. The molecule has 3 aromatic carbocycles. The number of nitrogens with one attached hydrogen (secondary N) is 1. The smallest absolute Gasteiger partial charge is 0.329 e. The summed E-state index contributed by atoms with van der Waals surface area (Å²) in [4.78, 5) is 21.2. The van der Waals surface area contributed by atoms with Gasteiger partial charge in [-0.3, -0.25) is 9.13 Å². The molecule has 0 fully saturated rings. The number of aromatic nitrogens is 4. The zero-order valence-electron chi connectivity index (χ0n) is 19.7. The maximum absolute atomic E-state index is 13.7. The van der Waals surface area contributed by atoms with E-state index in [2.05, 4.69) is 10.0 Å². The molecule has 0 aliphatic rings. The molecular weight excluding hydrogens is 456 g/mol. The molecule has 0 aliphatic heterocycles. The van der Waals surface area contributed by atoms with Crippen LogP contribution in [0.5, 0.6) is 5.75 Å². The Morgan fingerprint density at radius 1 is 0.944 bits per heavy atom. The van der Waals surface area contributed by atoms with E-state index < -0.39 is 0 Å². The van der Waals surface area contributed by atoms with Crippen molar-refractivity contribution in [1.82, 2.24) is 18.7 Å². The summed E-state index contributed by atoms with van der Waals surface area (Å²) in [6.45, 7) is 1.10. The number of nitrogens with zero attached hydrogens (tertiary/aromatic N) is 7. The van der Waals surface area contributed by atoms with Crippen molar-refractivity contribution in [2.24, 2.45) is 5.11 Å². The third-order valence-corrected chi connectivity index (χ3v) is 6.20. The van der Waals surface area contributed by atoms with Crippen LogP contribution in [0.25, 0.3) is 32.5 Å². The van der Waals surface area contributed by atoms with E-state index in [1.165, 1.54) is 0 Å². The van der Waals surface area contributed by atoms with E-state index in [1.54, 1.807) is 16.2 Å². The number of ether oxygens (including phenoxy) is 1. The molecule has 0 saturated carbocycles. The number of hydrogen-bond donors (Lipinski definition) is 1. The molecule has 0 spiro atoms. The predicted molar refractivity (Wildman–Crippen MR) is 139 cm³/mol. The van der Waals surface area contributed by atoms with Crippen molar-refractivity contribution >= 4 is 27.9 Å². The van der Waals surface area contributed by atoms with E-state index in [0.29, 0.717) is 18.9 Å². The predicted octanol–water partition coefficient (Wildman–Crippen LogP) is 4.94. The summed E-state index contributed by atoms with van der Waals surface area (Å²) in [5.74, 6) is 1.41. The van der Waals surface area contributed by atoms with Crippen LogP contribution in [-0.2, 0) is 19.6 Å². The second-order valence-corrected chi connectivity index (χ2v) is 8.35. The van der Waals surface area contributed by atoms with Gasteiger partial charge in [-0.25, -0.2) is 9.78 Å². The summed E-state index contributed by atoms with van der Waals surface area (Å²) < 4.78 is 10.7. The minimum atomic E-state index is -0.132. The van der Waals surface area contributed by atoms with E-state index in [-0.39, 0.29) is 24.5 Å². The van der Waals surface area contributed by atoms with Gasteiger partial charge in [0.25, 0.3) is 0 Å².